The molecule has 114 valence electrons. The fourth-order valence-electron chi connectivity index (χ4n) is 2.64. The molecule has 3 aromatic heterocycles. The van der Waals surface area contributed by atoms with Gasteiger partial charge in [0.1, 0.15) is 0 Å². The van der Waals surface area contributed by atoms with Crippen LogP contribution in [0.25, 0.3) is 21.3 Å². The van der Waals surface area contributed by atoms with Gasteiger partial charge in [-0.3, -0.25) is 4.68 Å². The van der Waals surface area contributed by atoms with E-state index < -0.39 is 0 Å². The number of rotatable bonds is 4. The molecule has 0 bridgehead atoms. The SMILES string of the molecule is COc1nccc2c1cnn2Cc1ccc(-c2ccccc2)s1. The van der Waals surface area contributed by atoms with Crippen LogP contribution in [-0.4, -0.2) is 21.9 Å². The molecule has 0 unspecified atom stereocenters. The number of nitrogens with zero attached hydrogens (tertiary/aromatic N) is 3. The first kappa shape index (κ1) is 14.0. The van der Waals surface area contributed by atoms with Gasteiger partial charge in [0.25, 0.3) is 0 Å². The molecule has 0 spiro atoms. The van der Waals surface area contributed by atoms with Crippen molar-refractivity contribution in [1.29, 1.82) is 0 Å². The number of aromatic nitrogens is 3. The Bertz CT molecular complexity index is 943. The number of thiophene rings is 1. The van der Waals surface area contributed by atoms with Crippen LogP contribution >= 0.6 is 11.3 Å². The number of methoxy groups -OCH3 is 1. The number of hydrogen-bond donors (Lipinski definition) is 0. The van der Waals surface area contributed by atoms with Gasteiger partial charge in [0, 0.05) is 16.0 Å². The van der Waals surface area contributed by atoms with Gasteiger partial charge in [-0.15, -0.1) is 11.3 Å². The van der Waals surface area contributed by atoms with E-state index in [1.807, 2.05) is 23.0 Å². The van der Waals surface area contributed by atoms with Crippen molar-refractivity contribution < 1.29 is 4.74 Å². The zero-order valence-electron chi connectivity index (χ0n) is 12.6. The molecule has 4 rings (SSSR count). The molecule has 0 fully saturated rings. The molecule has 1 aromatic carbocycles. The summed E-state index contributed by atoms with van der Waals surface area (Å²) >= 11 is 1.80. The highest BCUT2D eigenvalue weighted by molar-refractivity contribution is 7.15. The molecule has 0 aliphatic rings. The van der Waals surface area contributed by atoms with Gasteiger partial charge in [-0.25, -0.2) is 4.98 Å². The lowest BCUT2D eigenvalue weighted by molar-refractivity contribution is 0.403. The van der Waals surface area contributed by atoms with Gasteiger partial charge in [-0.2, -0.15) is 5.10 Å². The van der Waals surface area contributed by atoms with E-state index in [2.05, 4.69) is 46.5 Å². The van der Waals surface area contributed by atoms with Crippen molar-refractivity contribution in [2.45, 2.75) is 6.54 Å². The molecule has 0 amide bonds. The van der Waals surface area contributed by atoms with Crippen LogP contribution in [0.3, 0.4) is 0 Å². The van der Waals surface area contributed by atoms with Crippen molar-refractivity contribution in [3.05, 3.63) is 65.8 Å². The Labute approximate surface area is 138 Å². The number of pyridine rings is 1. The summed E-state index contributed by atoms with van der Waals surface area (Å²) in [6.45, 7) is 0.744. The number of benzene rings is 1. The first-order valence-corrected chi connectivity index (χ1v) is 8.15. The summed E-state index contributed by atoms with van der Waals surface area (Å²) in [6.07, 6.45) is 3.57. The lowest BCUT2D eigenvalue weighted by Crippen LogP contribution is -1.99. The van der Waals surface area contributed by atoms with E-state index in [4.69, 9.17) is 4.74 Å². The minimum Gasteiger partial charge on any atom is -0.480 e. The van der Waals surface area contributed by atoms with Gasteiger partial charge >= 0.3 is 0 Å². The Morgan fingerprint density at radius 2 is 1.96 bits per heavy atom. The summed E-state index contributed by atoms with van der Waals surface area (Å²) in [5.41, 5.74) is 2.28. The number of fused-ring (bicyclic) bond motifs is 1. The van der Waals surface area contributed by atoms with Gasteiger partial charge in [-0.1, -0.05) is 30.3 Å². The summed E-state index contributed by atoms with van der Waals surface area (Å²) in [5, 5.41) is 5.42. The molecule has 0 atom stereocenters. The molecule has 4 nitrogen and oxygen atoms in total. The van der Waals surface area contributed by atoms with Crippen LogP contribution in [0.15, 0.2) is 60.9 Å². The van der Waals surface area contributed by atoms with Crippen LogP contribution in [-0.2, 0) is 6.54 Å². The standard InChI is InChI=1S/C18H15N3OS/c1-22-18-15-11-20-21(16(15)9-10-19-18)12-14-7-8-17(23-14)13-5-3-2-4-6-13/h2-11H,12H2,1H3. The molecule has 0 aliphatic carbocycles. The molecule has 0 saturated heterocycles. The summed E-state index contributed by atoms with van der Waals surface area (Å²) in [5.74, 6) is 0.616. The van der Waals surface area contributed by atoms with E-state index in [9.17, 15) is 0 Å². The molecule has 0 saturated carbocycles. The highest BCUT2D eigenvalue weighted by Crippen LogP contribution is 2.29. The van der Waals surface area contributed by atoms with E-state index in [0.29, 0.717) is 5.88 Å². The van der Waals surface area contributed by atoms with E-state index in [-0.39, 0.29) is 0 Å². The maximum absolute atomic E-state index is 5.29. The Kier molecular flexibility index (Phi) is 3.55. The van der Waals surface area contributed by atoms with Gasteiger partial charge < -0.3 is 4.74 Å². The lowest BCUT2D eigenvalue weighted by atomic mass is 10.2. The van der Waals surface area contributed by atoms with Crippen LogP contribution in [0.4, 0.5) is 0 Å². The van der Waals surface area contributed by atoms with Crippen molar-refractivity contribution in [3.8, 4) is 16.3 Å². The van der Waals surface area contributed by atoms with Crippen molar-refractivity contribution in [3.63, 3.8) is 0 Å². The molecule has 4 aromatic rings. The Balaban J connectivity index is 1.65. The third-order valence-electron chi connectivity index (χ3n) is 3.75. The highest BCUT2D eigenvalue weighted by atomic mass is 32.1. The fraction of sp³-hybridized carbons (Fsp3) is 0.111. The topological polar surface area (TPSA) is 39.9 Å². The minimum absolute atomic E-state index is 0.616. The molecule has 3 heterocycles. The monoisotopic (exact) mass is 321 g/mol. The summed E-state index contributed by atoms with van der Waals surface area (Å²) in [6, 6.07) is 16.7. The van der Waals surface area contributed by atoms with Gasteiger partial charge in [0.15, 0.2) is 0 Å². The molecule has 0 aliphatic heterocycles. The quantitative estimate of drug-likeness (QED) is 0.565. The van der Waals surface area contributed by atoms with Crippen LogP contribution in [0.5, 0.6) is 5.88 Å². The molecular weight excluding hydrogens is 306 g/mol. The second-order valence-electron chi connectivity index (χ2n) is 5.19. The summed E-state index contributed by atoms with van der Waals surface area (Å²) in [4.78, 5) is 6.76. The molecule has 23 heavy (non-hydrogen) atoms. The van der Waals surface area contributed by atoms with Gasteiger partial charge in [-0.05, 0) is 23.8 Å². The third-order valence-corrected chi connectivity index (χ3v) is 4.87. The Hall–Kier alpha value is -2.66. The Morgan fingerprint density at radius 3 is 2.78 bits per heavy atom. The van der Waals surface area contributed by atoms with E-state index >= 15 is 0 Å². The molecular formula is C18H15N3OS. The van der Waals surface area contributed by atoms with Crippen molar-refractivity contribution in [2.75, 3.05) is 7.11 Å². The van der Waals surface area contributed by atoms with Crippen LogP contribution in [0.1, 0.15) is 4.88 Å². The first-order chi connectivity index (χ1) is 11.3. The van der Waals surface area contributed by atoms with Crippen LogP contribution < -0.4 is 4.74 Å². The maximum Gasteiger partial charge on any atom is 0.224 e. The summed E-state index contributed by atoms with van der Waals surface area (Å²) < 4.78 is 7.28. The normalized spacial score (nSPS) is 11.0. The zero-order valence-corrected chi connectivity index (χ0v) is 13.5. The van der Waals surface area contributed by atoms with Gasteiger partial charge in [0.2, 0.25) is 5.88 Å². The zero-order chi connectivity index (χ0) is 15.6. The predicted octanol–water partition coefficient (Wildman–Crippen LogP) is 4.22. The number of hydrogen-bond acceptors (Lipinski definition) is 4. The average Bonchev–Trinajstić information content (AvgIpc) is 3.23. The second kappa shape index (κ2) is 5.85. The van der Waals surface area contributed by atoms with Crippen molar-refractivity contribution in [2.24, 2.45) is 0 Å². The van der Waals surface area contributed by atoms with Crippen LogP contribution in [0.2, 0.25) is 0 Å². The summed E-state index contributed by atoms with van der Waals surface area (Å²) in [7, 11) is 1.63. The maximum atomic E-state index is 5.29. The van der Waals surface area contributed by atoms with E-state index in [1.165, 1.54) is 15.3 Å². The number of ether oxygens (including phenoxy) is 1. The van der Waals surface area contributed by atoms with Crippen molar-refractivity contribution >= 4 is 22.2 Å². The smallest absolute Gasteiger partial charge is 0.224 e. The molecule has 0 radical (unpaired) electrons. The van der Waals surface area contributed by atoms with Gasteiger partial charge in [0.05, 0.1) is 30.8 Å². The molecule has 0 N–H and O–H groups in total. The van der Waals surface area contributed by atoms with Crippen molar-refractivity contribution in [1.82, 2.24) is 14.8 Å². The lowest BCUT2D eigenvalue weighted by Gasteiger charge is -2.03. The fourth-order valence-corrected chi connectivity index (χ4v) is 3.63. The predicted molar refractivity (Wildman–Crippen MR) is 92.9 cm³/mol. The first-order valence-electron chi connectivity index (χ1n) is 7.34. The van der Waals surface area contributed by atoms with Crippen LogP contribution in [0, 0.1) is 0 Å². The largest absolute Gasteiger partial charge is 0.480 e. The molecule has 5 heteroatoms. The van der Waals surface area contributed by atoms with E-state index in [1.54, 1.807) is 24.6 Å². The average molecular weight is 321 g/mol. The van der Waals surface area contributed by atoms with E-state index in [0.717, 1.165) is 17.4 Å². The Morgan fingerprint density at radius 1 is 1.09 bits per heavy atom. The second-order valence-corrected chi connectivity index (χ2v) is 6.36. The highest BCUT2D eigenvalue weighted by Gasteiger charge is 2.10. The minimum atomic E-state index is 0.616. The third kappa shape index (κ3) is 2.59.